The Labute approximate surface area is 125 Å². The first-order chi connectivity index (χ1) is 10.3. The van der Waals surface area contributed by atoms with E-state index in [0.29, 0.717) is 18.3 Å². The average Bonchev–Trinajstić information content (AvgIpc) is 3.05. The van der Waals surface area contributed by atoms with Crippen molar-refractivity contribution in [2.45, 2.75) is 38.3 Å². The monoisotopic (exact) mass is 286 g/mol. The largest absolute Gasteiger partial charge is 0.395 e. The molecule has 21 heavy (non-hydrogen) atoms. The van der Waals surface area contributed by atoms with Gasteiger partial charge >= 0.3 is 0 Å². The van der Waals surface area contributed by atoms with Crippen molar-refractivity contribution in [1.29, 1.82) is 0 Å². The maximum Gasteiger partial charge on any atom is 0.137 e. The molecule has 0 radical (unpaired) electrons. The molecule has 0 saturated heterocycles. The SMILES string of the molecule is OCCN(c1nc(CO)cc2ccccc12)C1CCCC1. The summed E-state index contributed by atoms with van der Waals surface area (Å²) in [5.41, 5.74) is 0.685. The smallest absolute Gasteiger partial charge is 0.137 e. The number of hydrogen-bond acceptors (Lipinski definition) is 4. The summed E-state index contributed by atoms with van der Waals surface area (Å²) in [4.78, 5) is 6.88. The minimum absolute atomic E-state index is 0.0601. The lowest BCUT2D eigenvalue weighted by Crippen LogP contribution is -2.36. The maximum atomic E-state index is 9.47. The van der Waals surface area contributed by atoms with Crippen molar-refractivity contribution in [3.63, 3.8) is 0 Å². The molecule has 1 heterocycles. The molecular formula is C17H22N2O2. The molecule has 2 aromatic rings. The maximum absolute atomic E-state index is 9.47. The minimum atomic E-state index is -0.0601. The molecule has 0 spiro atoms. The fraction of sp³-hybridized carbons (Fsp3) is 0.471. The van der Waals surface area contributed by atoms with Crippen LogP contribution < -0.4 is 4.90 Å². The van der Waals surface area contributed by atoms with Crippen LogP contribution in [0.3, 0.4) is 0 Å². The molecule has 0 unspecified atom stereocenters. The van der Waals surface area contributed by atoms with Gasteiger partial charge in [-0.2, -0.15) is 0 Å². The summed E-state index contributed by atoms with van der Waals surface area (Å²) < 4.78 is 0. The normalized spacial score (nSPS) is 15.7. The summed E-state index contributed by atoms with van der Waals surface area (Å²) in [5.74, 6) is 0.901. The van der Waals surface area contributed by atoms with Crippen LogP contribution in [0, 0.1) is 0 Å². The zero-order valence-corrected chi connectivity index (χ0v) is 12.2. The molecule has 4 heteroatoms. The van der Waals surface area contributed by atoms with Crippen LogP contribution >= 0.6 is 0 Å². The molecule has 1 aliphatic carbocycles. The van der Waals surface area contributed by atoms with Gasteiger partial charge in [0.1, 0.15) is 5.82 Å². The second-order valence-electron chi connectivity index (χ2n) is 5.67. The lowest BCUT2D eigenvalue weighted by Gasteiger charge is -2.30. The molecule has 1 aromatic heterocycles. The first-order valence-corrected chi connectivity index (χ1v) is 7.70. The van der Waals surface area contributed by atoms with Gasteiger partial charge in [0.15, 0.2) is 0 Å². The van der Waals surface area contributed by atoms with Gasteiger partial charge in [-0.05, 0) is 24.3 Å². The summed E-state index contributed by atoms with van der Waals surface area (Å²) in [5, 5.41) is 21.1. The fourth-order valence-electron chi connectivity index (χ4n) is 3.32. The number of benzene rings is 1. The van der Waals surface area contributed by atoms with E-state index in [0.717, 1.165) is 29.4 Å². The second-order valence-corrected chi connectivity index (χ2v) is 5.67. The summed E-state index contributed by atoms with van der Waals surface area (Å²) in [6.07, 6.45) is 4.78. The van der Waals surface area contributed by atoms with Crippen molar-refractivity contribution in [2.24, 2.45) is 0 Å². The van der Waals surface area contributed by atoms with E-state index >= 15 is 0 Å². The minimum Gasteiger partial charge on any atom is -0.395 e. The summed E-state index contributed by atoms with van der Waals surface area (Å²) >= 11 is 0. The Morgan fingerprint density at radius 3 is 2.62 bits per heavy atom. The van der Waals surface area contributed by atoms with Crippen LogP contribution in [0.4, 0.5) is 5.82 Å². The van der Waals surface area contributed by atoms with E-state index in [1.165, 1.54) is 12.8 Å². The standard InChI is InChI=1S/C17H22N2O2/c20-10-9-19(15-6-2-3-7-15)17-16-8-4-1-5-13(16)11-14(12-21)18-17/h1,4-5,8,11,15,20-21H,2-3,6-7,9-10,12H2. The van der Waals surface area contributed by atoms with Gasteiger partial charge in [0, 0.05) is 18.0 Å². The van der Waals surface area contributed by atoms with E-state index in [-0.39, 0.29) is 13.2 Å². The Morgan fingerprint density at radius 1 is 1.14 bits per heavy atom. The molecule has 3 rings (SSSR count). The Hall–Kier alpha value is -1.65. The number of anilines is 1. The van der Waals surface area contributed by atoms with Crippen LogP contribution in [0.2, 0.25) is 0 Å². The highest BCUT2D eigenvalue weighted by Crippen LogP contribution is 2.32. The lowest BCUT2D eigenvalue weighted by molar-refractivity contribution is 0.276. The van der Waals surface area contributed by atoms with Gasteiger partial charge in [-0.1, -0.05) is 37.1 Å². The van der Waals surface area contributed by atoms with Gasteiger partial charge in [-0.25, -0.2) is 4.98 Å². The van der Waals surface area contributed by atoms with Gasteiger partial charge < -0.3 is 15.1 Å². The van der Waals surface area contributed by atoms with Crippen LogP contribution in [0.15, 0.2) is 30.3 Å². The molecule has 2 N–H and O–H groups in total. The Balaban J connectivity index is 2.10. The number of aliphatic hydroxyl groups excluding tert-OH is 2. The molecule has 1 aromatic carbocycles. The van der Waals surface area contributed by atoms with Gasteiger partial charge in [-0.15, -0.1) is 0 Å². The lowest BCUT2D eigenvalue weighted by atomic mass is 10.1. The van der Waals surface area contributed by atoms with Crippen LogP contribution in [0.5, 0.6) is 0 Å². The van der Waals surface area contributed by atoms with E-state index in [1.807, 2.05) is 24.3 Å². The number of aromatic nitrogens is 1. The quantitative estimate of drug-likeness (QED) is 0.886. The molecule has 0 atom stereocenters. The first-order valence-electron chi connectivity index (χ1n) is 7.70. The Morgan fingerprint density at radius 2 is 1.90 bits per heavy atom. The molecule has 0 bridgehead atoms. The Kier molecular flexibility index (Phi) is 4.36. The average molecular weight is 286 g/mol. The van der Waals surface area contributed by atoms with Crippen LogP contribution in [0.25, 0.3) is 10.8 Å². The summed E-state index contributed by atoms with van der Waals surface area (Å²) in [7, 11) is 0. The molecule has 0 amide bonds. The number of rotatable bonds is 5. The number of aliphatic hydroxyl groups is 2. The molecular weight excluding hydrogens is 264 g/mol. The van der Waals surface area contributed by atoms with E-state index in [1.54, 1.807) is 0 Å². The zero-order valence-electron chi connectivity index (χ0n) is 12.2. The molecule has 112 valence electrons. The predicted octanol–water partition coefficient (Wildman–Crippen LogP) is 2.47. The fourth-order valence-corrected chi connectivity index (χ4v) is 3.32. The third-order valence-corrected chi connectivity index (χ3v) is 4.31. The number of hydrogen-bond donors (Lipinski definition) is 2. The number of nitrogens with zero attached hydrogens (tertiary/aromatic N) is 2. The highest BCUT2D eigenvalue weighted by Gasteiger charge is 2.25. The number of fused-ring (bicyclic) bond motifs is 1. The van der Waals surface area contributed by atoms with Crippen LogP contribution in [-0.4, -0.2) is 34.4 Å². The van der Waals surface area contributed by atoms with Crippen molar-refractivity contribution in [3.8, 4) is 0 Å². The first kappa shape index (κ1) is 14.3. The van der Waals surface area contributed by atoms with E-state index in [2.05, 4.69) is 16.0 Å². The van der Waals surface area contributed by atoms with Crippen molar-refractivity contribution in [3.05, 3.63) is 36.0 Å². The summed E-state index contributed by atoms with van der Waals surface area (Å²) in [6.45, 7) is 0.655. The summed E-state index contributed by atoms with van der Waals surface area (Å²) in [6, 6.07) is 10.5. The van der Waals surface area contributed by atoms with Crippen molar-refractivity contribution >= 4 is 16.6 Å². The highest BCUT2D eigenvalue weighted by molar-refractivity contribution is 5.92. The molecule has 1 aliphatic rings. The zero-order chi connectivity index (χ0) is 14.7. The van der Waals surface area contributed by atoms with Gasteiger partial charge in [0.2, 0.25) is 0 Å². The van der Waals surface area contributed by atoms with E-state index < -0.39 is 0 Å². The van der Waals surface area contributed by atoms with Gasteiger partial charge in [0.05, 0.1) is 18.9 Å². The molecule has 1 saturated carbocycles. The van der Waals surface area contributed by atoms with Crippen molar-refractivity contribution < 1.29 is 10.2 Å². The van der Waals surface area contributed by atoms with E-state index in [9.17, 15) is 10.2 Å². The van der Waals surface area contributed by atoms with Crippen molar-refractivity contribution in [1.82, 2.24) is 4.98 Å². The number of pyridine rings is 1. The van der Waals surface area contributed by atoms with Crippen LogP contribution in [-0.2, 0) is 6.61 Å². The van der Waals surface area contributed by atoms with E-state index in [4.69, 9.17) is 0 Å². The van der Waals surface area contributed by atoms with Crippen molar-refractivity contribution in [2.75, 3.05) is 18.1 Å². The second kappa shape index (κ2) is 6.41. The topological polar surface area (TPSA) is 56.6 Å². The van der Waals surface area contributed by atoms with Gasteiger partial charge in [-0.3, -0.25) is 0 Å². The predicted molar refractivity (Wildman–Crippen MR) is 84.4 cm³/mol. The highest BCUT2D eigenvalue weighted by atomic mass is 16.3. The molecule has 4 nitrogen and oxygen atoms in total. The van der Waals surface area contributed by atoms with Gasteiger partial charge in [0.25, 0.3) is 0 Å². The molecule has 0 aliphatic heterocycles. The Bertz CT molecular complexity index is 609. The molecule has 1 fully saturated rings. The third kappa shape index (κ3) is 2.87. The third-order valence-electron chi connectivity index (χ3n) is 4.31. The van der Waals surface area contributed by atoms with Crippen LogP contribution in [0.1, 0.15) is 31.4 Å².